The molecule has 12 heavy (non-hydrogen) atoms. The van der Waals surface area contributed by atoms with E-state index in [4.69, 9.17) is 11.6 Å². The Labute approximate surface area is 76.4 Å². The summed E-state index contributed by atoms with van der Waals surface area (Å²) in [5, 5.41) is 0.767. The van der Waals surface area contributed by atoms with Gasteiger partial charge in [-0.25, -0.2) is 0 Å². The minimum Gasteiger partial charge on any atom is -0.252 e. The smallest absolute Gasteiger partial charge is 0.0642 e. The summed E-state index contributed by atoms with van der Waals surface area (Å²) in [4.78, 5) is 4.37. The van der Waals surface area contributed by atoms with Crippen molar-refractivity contribution in [2.75, 3.05) is 0 Å². The number of hydrogen-bond acceptors (Lipinski definition) is 1. The van der Waals surface area contributed by atoms with Crippen LogP contribution in [0.2, 0.25) is 5.02 Å². The number of rotatable bonds is 1. The summed E-state index contributed by atoms with van der Waals surface area (Å²) in [7, 11) is 0. The van der Waals surface area contributed by atoms with Gasteiger partial charge in [-0.05, 0) is 12.1 Å². The van der Waals surface area contributed by atoms with Gasteiger partial charge in [-0.1, -0.05) is 30.3 Å². The Bertz CT molecular complexity index is 366. The van der Waals surface area contributed by atoms with Crippen LogP contribution in [0.1, 0.15) is 17.0 Å². The Morgan fingerprint density at radius 1 is 1.58 bits per heavy atom. The fraction of sp³-hybridized carbons (Fsp3) is 0.100. The Kier molecular flexibility index (Phi) is 1.74. The van der Waals surface area contributed by atoms with E-state index in [0.29, 0.717) is 0 Å². The van der Waals surface area contributed by atoms with Crippen molar-refractivity contribution >= 4 is 23.8 Å². The van der Waals surface area contributed by atoms with Gasteiger partial charge in [0.05, 0.1) is 16.4 Å². The van der Waals surface area contributed by atoms with Gasteiger partial charge in [0.15, 0.2) is 0 Å². The molecule has 0 saturated heterocycles. The highest BCUT2D eigenvalue weighted by Crippen LogP contribution is 2.26. The van der Waals surface area contributed by atoms with Crippen molar-refractivity contribution in [3.8, 4) is 0 Å². The maximum Gasteiger partial charge on any atom is 0.0642 e. The van der Waals surface area contributed by atoms with E-state index >= 15 is 0 Å². The van der Waals surface area contributed by atoms with Crippen LogP contribution >= 0.6 is 11.6 Å². The van der Waals surface area contributed by atoms with Crippen LogP contribution < -0.4 is 0 Å². The molecule has 2 heteroatoms. The highest BCUT2D eigenvalue weighted by molar-refractivity contribution is 6.32. The van der Waals surface area contributed by atoms with Crippen molar-refractivity contribution < 1.29 is 0 Å². The van der Waals surface area contributed by atoms with E-state index in [1.54, 1.807) is 6.08 Å². The van der Waals surface area contributed by atoms with Gasteiger partial charge in [0.25, 0.3) is 0 Å². The van der Waals surface area contributed by atoms with Crippen LogP contribution in [0.25, 0.3) is 12.2 Å². The van der Waals surface area contributed by atoms with Gasteiger partial charge >= 0.3 is 0 Å². The zero-order valence-electron chi connectivity index (χ0n) is 6.55. The minimum absolute atomic E-state index is 0.767. The summed E-state index contributed by atoms with van der Waals surface area (Å²) in [6, 6.07) is 1.84. The molecule has 0 N–H and O–H groups in total. The zero-order valence-corrected chi connectivity index (χ0v) is 7.30. The second kappa shape index (κ2) is 2.76. The predicted molar refractivity (Wildman–Crippen MR) is 52.1 cm³/mol. The van der Waals surface area contributed by atoms with E-state index in [2.05, 4.69) is 17.6 Å². The summed E-state index contributed by atoms with van der Waals surface area (Å²) < 4.78 is 0. The van der Waals surface area contributed by atoms with E-state index in [0.717, 1.165) is 28.4 Å². The monoisotopic (exact) mass is 177 g/mol. The molecule has 0 aliphatic heterocycles. The molecule has 1 aliphatic rings. The molecular formula is C10H8ClN. The fourth-order valence-corrected chi connectivity index (χ4v) is 1.60. The molecule has 1 aromatic rings. The quantitative estimate of drug-likeness (QED) is 0.643. The number of halogens is 1. The Morgan fingerprint density at radius 2 is 2.42 bits per heavy atom. The second-order valence-electron chi connectivity index (χ2n) is 2.70. The lowest BCUT2D eigenvalue weighted by atomic mass is 10.2. The average Bonchev–Trinajstić information content (AvgIpc) is 2.52. The van der Waals surface area contributed by atoms with Gasteiger partial charge in [0.1, 0.15) is 0 Å². The first-order valence-electron chi connectivity index (χ1n) is 3.79. The second-order valence-corrected chi connectivity index (χ2v) is 3.11. The molecule has 0 unspecified atom stereocenters. The predicted octanol–water partition coefficient (Wildman–Crippen LogP) is 2.95. The van der Waals surface area contributed by atoms with Gasteiger partial charge in [-0.2, -0.15) is 0 Å². The molecule has 2 rings (SSSR count). The Balaban J connectivity index is 2.63. The molecule has 0 atom stereocenters. The normalized spacial score (nSPS) is 13.1. The van der Waals surface area contributed by atoms with Gasteiger partial charge in [0.2, 0.25) is 0 Å². The lowest BCUT2D eigenvalue weighted by molar-refractivity contribution is 1.12. The highest BCUT2D eigenvalue weighted by Gasteiger charge is 2.10. The standard InChI is InChI=1S/C10H8ClN/c1-2-7-6-9(11)8-4-3-5-10(8)12-7/h2-4,6H,1,5H2. The molecule has 0 amide bonds. The summed E-state index contributed by atoms with van der Waals surface area (Å²) in [5.74, 6) is 0. The highest BCUT2D eigenvalue weighted by atomic mass is 35.5. The van der Waals surface area contributed by atoms with Crippen LogP contribution in [0.4, 0.5) is 0 Å². The number of pyridine rings is 1. The molecule has 1 nitrogen and oxygen atoms in total. The lowest BCUT2D eigenvalue weighted by Gasteiger charge is -2.01. The maximum atomic E-state index is 6.01. The summed E-state index contributed by atoms with van der Waals surface area (Å²) in [5.41, 5.74) is 2.96. The summed E-state index contributed by atoms with van der Waals surface area (Å²) in [6.45, 7) is 3.66. The molecule has 0 saturated carbocycles. The fourth-order valence-electron chi connectivity index (χ4n) is 1.32. The molecule has 0 fully saturated rings. The van der Waals surface area contributed by atoms with Crippen LogP contribution in [0.3, 0.4) is 0 Å². The van der Waals surface area contributed by atoms with Crippen molar-refractivity contribution in [2.45, 2.75) is 6.42 Å². The topological polar surface area (TPSA) is 12.9 Å². The van der Waals surface area contributed by atoms with E-state index in [-0.39, 0.29) is 0 Å². The van der Waals surface area contributed by atoms with Crippen molar-refractivity contribution in [1.82, 2.24) is 4.98 Å². The van der Waals surface area contributed by atoms with E-state index < -0.39 is 0 Å². The Hall–Kier alpha value is -1.08. The number of aromatic nitrogens is 1. The van der Waals surface area contributed by atoms with Crippen LogP contribution in [-0.2, 0) is 6.42 Å². The first-order valence-corrected chi connectivity index (χ1v) is 4.17. The molecule has 0 spiro atoms. The number of nitrogens with zero attached hydrogens (tertiary/aromatic N) is 1. The zero-order chi connectivity index (χ0) is 8.55. The Morgan fingerprint density at radius 3 is 3.17 bits per heavy atom. The van der Waals surface area contributed by atoms with Gasteiger partial charge in [0, 0.05) is 12.0 Å². The number of fused-ring (bicyclic) bond motifs is 1. The molecule has 0 bridgehead atoms. The first-order chi connectivity index (χ1) is 5.81. The van der Waals surface area contributed by atoms with Gasteiger partial charge in [-0.15, -0.1) is 0 Å². The molecule has 0 aromatic carbocycles. The van der Waals surface area contributed by atoms with Crippen molar-refractivity contribution in [3.63, 3.8) is 0 Å². The van der Waals surface area contributed by atoms with Crippen molar-refractivity contribution in [2.24, 2.45) is 0 Å². The van der Waals surface area contributed by atoms with Crippen LogP contribution in [-0.4, -0.2) is 4.98 Å². The van der Waals surface area contributed by atoms with Crippen LogP contribution in [0.5, 0.6) is 0 Å². The third-order valence-electron chi connectivity index (χ3n) is 1.91. The molecule has 1 aromatic heterocycles. The van der Waals surface area contributed by atoms with E-state index in [9.17, 15) is 0 Å². The molecular weight excluding hydrogens is 170 g/mol. The maximum absolute atomic E-state index is 6.01. The average molecular weight is 178 g/mol. The van der Waals surface area contributed by atoms with Gasteiger partial charge < -0.3 is 0 Å². The van der Waals surface area contributed by atoms with Crippen molar-refractivity contribution in [3.05, 3.63) is 40.7 Å². The third kappa shape index (κ3) is 1.07. The molecule has 1 aliphatic carbocycles. The van der Waals surface area contributed by atoms with Crippen LogP contribution in [0, 0.1) is 0 Å². The first kappa shape index (κ1) is 7.56. The largest absolute Gasteiger partial charge is 0.252 e. The lowest BCUT2D eigenvalue weighted by Crippen LogP contribution is -1.91. The number of allylic oxidation sites excluding steroid dienone is 1. The number of hydrogen-bond donors (Lipinski definition) is 0. The third-order valence-corrected chi connectivity index (χ3v) is 2.22. The SMILES string of the molecule is C=Cc1cc(Cl)c2c(n1)CC=C2. The summed E-state index contributed by atoms with van der Waals surface area (Å²) >= 11 is 6.01. The van der Waals surface area contributed by atoms with E-state index in [1.165, 1.54) is 0 Å². The van der Waals surface area contributed by atoms with Crippen LogP contribution in [0.15, 0.2) is 18.7 Å². The molecule has 0 radical (unpaired) electrons. The molecule has 1 heterocycles. The summed E-state index contributed by atoms with van der Waals surface area (Å²) in [6.07, 6.45) is 6.68. The van der Waals surface area contributed by atoms with Gasteiger partial charge in [-0.3, -0.25) is 4.98 Å². The minimum atomic E-state index is 0.767. The van der Waals surface area contributed by atoms with Crippen molar-refractivity contribution in [1.29, 1.82) is 0 Å². The molecule has 60 valence electrons. The van der Waals surface area contributed by atoms with E-state index in [1.807, 2.05) is 12.1 Å².